The number of likely N-dealkylation sites (N-methyl/N-ethyl adjacent to an activating group) is 1. The Labute approximate surface area is 173 Å². The molecule has 3 rings (SSSR count). The normalized spacial score (nSPS) is 19.0. The van der Waals surface area contributed by atoms with Gasteiger partial charge in [0.25, 0.3) is 5.91 Å². The molecule has 1 aliphatic heterocycles. The molecule has 0 aromatic heterocycles. The van der Waals surface area contributed by atoms with Crippen LogP contribution in [0.1, 0.15) is 17.2 Å². The standard InChI is InChI=1S/C23H30N4O2/c1-25(2)22(29)17-24-21(28)18-26-13-15-27(16-14-26)23(19-9-5-3-6-10-19)20-11-7-4-8-12-20/h3-12,23H,13-18H2,1-2H3,(H,24,28)/p+2. The second-order valence-corrected chi connectivity index (χ2v) is 7.90. The number of hydrogen-bond acceptors (Lipinski definition) is 2. The molecule has 1 saturated heterocycles. The van der Waals surface area contributed by atoms with Gasteiger partial charge in [-0.2, -0.15) is 0 Å². The molecule has 0 saturated carbocycles. The highest BCUT2D eigenvalue weighted by molar-refractivity contribution is 5.84. The lowest BCUT2D eigenvalue weighted by atomic mass is 9.96. The first-order valence-electron chi connectivity index (χ1n) is 10.3. The summed E-state index contributed by atoms with van der Waals surface area (Å²) in [7, 11) is 3.38. The lowest BCUT2D eigenvalue weighted by Gasteiger charge is -2.34. The van der Waals surface area contributed by atoms with Crippen LogP contribution in [0, 0.1) is 0 Å². The Kier molecular flexibility index (Phi) is 7.38. The molecule has 6 heteroatoms. The lowest BCUT2D eigenvalue weighted by molar-refractivity contribution is -1.02. The quantitative estimate of drug-likeness (QED) is 0.549. The van der Waals surface area contributed by atoms with E-state index < -0.39 is 0 Å². The Bertz CT molecular complexity index is 748. The molecule has 1 fully saturated rings. The summed E-state index contributed by atoms with van der Waals surface area (Å²) >= 11 is 0. The number of quaternary nitrogens is 2. The maximum Gasteiger partial charge on any atom is 0.275 e. The maximum atomic E-state index is 12.2. The first-order valence-corrected chi connectivity index (χ1v) is 10.3. The summed E-state index contributed by atoms with van der Waals surface area (Å²) in [5.41, 5.74) is 2.66. The van der Waals surface area contributed by atoms with E-state index in [2.05, 4.69) is 66.0 Å². The van der Waals surface area contributed by atoms with Crippen molar-refractivity contribution in [1.29, 1.82) is 0 Å². The summed E-state index contributed by atoms with van der Waals surface area (Å²) in [6, 6.07) is 21.7. The zero-order chi connectivity index (χ0) is 20.6. The van der Waals surface area contributed by atoms with Gasteiger partial charge >= 0.3 is 0 Å². The SMILES string of the molecule is CN(C)C(=O)CNC(=O)C[NH+]1CC[NH+](C(c2ccccc2)c2ccccc2)CC1. The van der Waals surface area contributed by atoms with Gasteiger partial charge in [0, 0.05) is 25.2 Å². The van der Waals surface area contributed by atoms with E-state index >= 15 is 0 Å². The monoisotopic (exact) mass is 396 g/mol. The molecule has 0 atom stereocenters. The fraction of sp³-hybridized carbons (Fsp3) is 0.391. The second kappa shape index (κ2) is 10.2. The van der Waals surface area contributed by atoms with Gasteiger partial charge in [0.2, 0.25) is 5.91 Å². The van der Waals surface area contributed by atoms with Gasteiger partial charge < -0.3 is 20.0 Å². The van der Waals surface area contributed by atoms with Crippen LogP contribution in [0.4, 0.5) is 0 Å². The summed E-state index contributed by atoms with van der Waals surface area (Å²) in [5.74, 6) is -0.141. The van der Waals surface area contributed by atoms with Crippen LogP contribution >= 0.6 is 0 Å². The highest BCUT2D eigenvalue weighted by Crippen LogP contribution is 2.18. The van der Waals surface area contributed by atoms with Crippen molar-refractivity contribution in [1.82, 2.24) is 10.2 Å². The van der Waals surface area contributed by atoms with Gasteiger partial charge in [-0.3, -0.25) is 9.59 Å². The van der Waals surface area contributed by atoms with Crippen LogP contribution in [0.25, 0.3) is 0 Å². The second-order valence-electron chi connectivity index (χ2n) is 7.90. The Morgan fingerprint density at radius 2 is 1.41 bits per heavy atom. The number of piperazine rings is 1. The molecule has 2 aromatic rings. The third kappa shape index (κ3) is 5.89. The molecule has 0 bridgehead atoms. The van der Waals surface area contributed by atoms with Crippen LogP contribution < -0.4 is 15.1 Å². The molecule has 1 aliphatic rings. The Morgan fingerprint density at radius 3 is 1.90 bits per heavy atom. The van der Waals surface area contributed by atoms with Gasteiger partial charge in [-0.25, -0.2) is 0 Å². The number of nitrogens with zero attached hydrogens (tertiary/aromatic N) is 1. The molecule has 2 amide bonds. The van der Waals surface area contributed by atoms with Crippen molar-refractivity contribution < 1.29 is 19.4 Å². The highest BCUT2D eigenvalue weighted by Gasteiger charge is 2.32. The summed E-state index contributed by atoms with van der Waals surface area (Å²) in [5, 5.41) is 2.74. The van der Waals surface area contributed by atoms with Gasteiger partial charge in [0.05, 0.1) is 6.54 Å². The number of carbonyl (C=O) groups is 2. The number of carbonyl (C=O) groups excluding carboxylic acids is 2. The molecule has 154 valence electrons. The number of rotatable bonds is 7. The van der Waals surface area contributed by atoms with E-state index in [0.717, 1.165) is 26.2 Å². The van der Waals surface area contributed by atoms with E-state index in [9.17, 15) is 9.59 Å². The van der Waals surface area contributed by atoms with E-state index in [1.807, 2.05) is 0 Å². The van der Waals surface area contributed by atoms with E-state index in [1.54, 1.807) is 14.1 Å². The molecule has 0 spiro atoms. The van der Waals surface area contributed by atoms with Crippen LogP contribution in [0.15, 0.2) is 60.7 Å². The Hall–Kier alpha value is -2.70. The summed E-state index contributed by atoms with van der Waals surface area (Å²) in [4.78, 5) is 28.1. The Balaban J connectivity index is 1.58. The smallest absolute Gasteiger partial charge is 0.275 e. The fourth-order valence-electron chi connectivity index (χ4n) is 3.97. The summed E-state index contributed by atoms with van der Waals surface area (Å²) in [6.45, 7) is 4.40. The van der Waals surface area contributed by atoms with Crippen molar-refractivity contribution in [2.45, 2.75) is 6.04 Å². The average Bonchev–Trinajstić information content (AvgIpc) is 2.75. The van der Waals surface area contributed by atoms with Gasteiger partial charge in [-0.1, -0.05) is 60.7 Å². The molecule has 0 radical (unpaired) electrons. The molecule has 29 heavy (non-hydrogen) atoms. The van der Waals surface area contributed by atoms with E-state index in [1.165, 1.54) is 25.8 Å². The van der Waals surface area contributed by atoms with Crippen molar-refractivity contribution in [3.63, 3.8) is 0 Å². The number of amides is 2. The van der Waals surface area contributed by atoms with Gasteiger partial charge in [0.1, 0.15) is 32.2 Å². The predicted molar refractivity (Wildman–Crippen MR) is 113 cm³/mol. The van der Waals surface area contributed by atoms with Crippen molar-refractivity contribution in [3.8, 4) is 0 Å². The van der Waals surface area contributed by atoms with E-state index in [-0.39, 0.29) is 18.4 Å². The van der Waals surface area contributed by atoms with Gasteiger partial charge in [-0.05, 0) is 0 Å². The van der Waals surface area contributed by atoms with Crippen molar-refractivity contribution >= 4 is 11.8 Å². The minimum absolute atomic E-state index is 0.0543. The molecule has 6 nitrogen and oxygen atoms in total. The molecule has 1 heterocycles. The topological polar surface area (TPSA) is 58.3 Å². The fourth-order valence-corrected chi connectivity index (χ4v) is 3.97. The molecule has 2 aromatic carbocycles. The van der Waals surface area contributed by atoms with Gasteiger partial charge in [0.15, 0.2) is 6.54 Å². The molecular weight excluding hydrogens is 364 g/mol. The first-order chi connectivity index (χ1) is 14.0. The molecule has 3 N–H and O–H groups in total. The maximum absolute atomic E-state index is 12.2. The summed E-state index contributed by atoms with van der Waals surface area (Å²) in [6.07, 6.45) is 0. The van der Waals surface area contributed by atoms with Crippen molar-refractivity contribution in [2.24, 2.45) is 0 Å². The largest absolute Gasteiger partial charge is 0.347 e. The zero-order valence-electron chi connectivity index (χ0n) is 17.4. The first kappa shape index (κ1) is 21.0. The minimum atomic E-state index is -0.0869. The van der Waals surface area contributed by atoms with E-state index in [0.29, 0.717) is 12.6 Å². The lowest BCUT2D eigenvalue weighted by Crippen LogP contribution is -3.28. The van der Waals surface area contributed by atoms with Crippen LogP contribution in [0.5, 0.6) is 0 Å². The van der Waals surface area contributed by atoms with Crippen LogP contribution in [0.3, 0.4) is 0 Å². The van der Waals surface area contributed by atoms with Crippen LogP contribution in [-0.2, 0) is 9.59 Å². The Morgan fingerprint density at radius 1 is 0.897 bits per heavy atom. The average molecular weight is 397 g/mol. The zero-order valence-corrected chi connectivity index (χ0v) is 17.4. The van der Waals surface area contributed by atoms with Crippen molar-refractivity contribution in [2.75, 3.05) is 53.4 Å². The van der Waals surface area contributed by atoms with Crippen LogP contribution in [0.2, 0.25) is 0 Å². The third-order valence-corrected chi connectivity index (χ3v) is 5.62. The van der Waals surface area contributed by atoms with E-state index in [4.69, 9.17) is 0 Å². The highest BCUT2D eigenvalue weighted by atomic mass is 16.2. The minimum Gasteiger partial charge on any atom is -0.347 e. The van der Waals surface area contributed by atoms with Crippen LogP contribution in [-0.4, -0.2) is 70.1 Å². The number of benzene rings is 2. The summed E-state index contributed by atoms with van der Waals surface area (Å²) < 4.78 is 0. The molecule has 0 unspecified atom stereocenters. The number of nitrogens with one attached hydrogen (secondary N) is 3. The van der Waals surface area contributed by atoms with Crippen molar-refractivity contribution in [3.05, 3.63) is 71.8 Å². The molecule has 0 aliphatic carbocycles. The third-order valence-electron chi connectivity index (χ3n) is 5.62. The molecular formula is C23H32N4O2+2. The number of hydrogen-bond donors (Lipinski definition) is 3. The van der Waals surface area contributed by atoms with Gasteiger partial charge in [-0.15, -0.1) is 0 Å². The predicted octanol–water partition coefficient (Wildman–Crippen LogP) is -1.24.